The van der Waals surface area contributed by atoms with Gasteiger partial charge in [-0.3, -0.25) is 0 Å². The van der Waals surface area contributed by atoms with Gasteiger partial charge in [0.15, 0.2) is 18.2 Å². The fourth-order valence-electron chi connectivity index (χ4n) is 3.67. The summed E-state index contributed by atoms with van der Waals surface area (Å²) in [7, 11) is 0.189. The number of aliphatic hydroxyl groups is 1. The van der Waals surface area contributed by atoms with Gasteiger partial charge >= 0.3 is 0 Å². The van der Waals surface area contributed by atoms with E-state index in [2.05, 4.69) is 15.6 Å². The Kier molecular flexibility index (Phi) is 4.44. The molecular weight excluding hydrogens is 375 g/mol. The Morgan fingerprint density at radius 1 is 1.48 bits per heavy atom. The summed E-state index contributed by atoms with van der Waals surface area (Å²) in [6.07, 6.45) is 2.31. The van der Waals surface area contributed by atoms with Crippen LogP contribution in [0.5, 0.6) is 0 Å². The summed E-state index contributed by atoms with van der Waals surface area (Å²) in [6.45, 7) is 3.99. The van der Waals surface area contributed by atoms with Crippen molar-refractivity contribution in [3.63, 3.8) is 0 Å². The molecule has 3 fully saturated rings. The fraction of sp³-hybridized carbons (Fsp3) is 0.500. The Morgan fingerprint density at radius 2 is 2.24 bits per heavy atom. The van der Waals surface area contributed by atoms with Crippen molar-refractivity contribution in [2.24, 2.45) is 5.92 Å². The molecule has 2 bridgehead atoms. The maximum absolute atomic E-state index is 11.1. The van der Waals surface area contributed by atoms with Crippen LogP contribution in [0, 0.1) is 5.92 Å². The van der Waals surface area contributed by atoms with Crippen molar-refractivity contribution in [3.05, 3.63) is 23.2 Å². The van der Waals surface area contributed by atoms with Crippen LogP contribution in [0.2, 0.25) is 5.02 Å². The first kappa shape index (κ1) is 17.5. The van der Waals surface area contributed by atoms with Crippen molar-refractivity contribution in [1.29, 1.82) is 0 Å². The number of halogens is 1. The number of thiazole rings is 1. The van der Waals surface area contributed by atoms with Crippen LogP contribution >= 0.6 is 35.2 Å². The monoisotopic (exact) mass is 396 g/mol. The summed E-state index contributed by atoms with van der Waals surface area (Å²) >= 11 is 13.0. The molecule has 0 saturated carbocycles. The molecule has 0 amide bonds. The fourth-order valence-corrected chi connectivity index (χ4v) is 5.05. The number of hydrogen-bond acceptors (Lipinski definition) is 4. The van der Waals surface area contributed by atoms with Gasteiger partial charge in [-0.1, -0.05) is 22.9 Å². The zero-order valence-electron chi connectivity index (χ0n) is 13.1. The molecule has 1 aromatic carbocycles. The van der Waals surface area contributed by atoms with E-state index >= 15 is 0 Å². The molecule has 134 valence electrons. The molecule has 0 aliphatic carbocycles. The van der Waals surface area contributed by atoms with E-state index in [1.54, 1.807) is 0 Å². The maximum Gasteiger partial charge on any atom is 0.190 e. The number of nitrogens with zero attached hydrogens (tertiary/aromatic N) is 2. The molecule has 1 atom stereocenters. The van der Waals surface area contributed by atoms with Gasteiger partial charge in [-0.25, -0.2) is 4.98 Å². The van der Waals surface area contributed by atoms with Crippen molar-refractivity contribution >= 4 is 63.6 Å². The third kappa shape index (κ3) is 3.50. The maximum atomic E-state index is 11.1. The Bertz CT molecular complexity index is 824. The Balaban J connectivity index is 1.39. The molecule has 4 heterocycles. The lowest BCUT2D eigenvalue weighted by atomic mass is 9.72. The number of quaternary nitrogens is 1. The Morgan fingerprint density at radius 3 is 2.96 bits per heavy atom. The zero-order chi connectivity index (χ0) is 17.7. The second-order valence-electron chi connectivity index (χ2n) is 6.59. The lowest BCUT2D eigenvalue weighted by Gasteiger charge is -2.60. The van der Waals surface area contributed by atoms with Gasteiger partial charge in [0.05, 0.1) is 23.3 Å². The highest BCUT2D eigenvalue weighted by atomic mass is 35.5. The normalized spacial score (nSPS) is 31.2. The van der Waals surface area contributed by atoms with Crippen molar-refractivity contribution in [2.45, 2.75) is 18.4 Å². The molecule has 3 saturated heterocycles. The molecule has 0 spiro atoms. The molecule has 9 heteroatoms. The van der Waals surface area contributed by atoms with Crippen molar-refractivity contribution in [1.82, 2.24) is 10.3 Å². The lowest BCUT2D eigenvalue weighted by Crippen LogP contribution is -2.70. The summed E-state index contributed by atoms with van der Waals surface area (Å²) in [5.74, 6) is 0.408. The first-order valence-electron chi connectivity index (χ1n) is 8.07. The minimum Gasteiger partial charge on any atom is -0.520 e. The highest BCUT2D eigenvalue weighted by Crippen LogP contribution is 2.38. The molecule has 0 radical (unpaired) electrons. The average Bonchev–Trinajstić information content (AvgIpc) is 2.94. The zero-order valence-corrected chi connectivity index (χ0v) is 15.5. The third-order valence-corrected chi connectivity index (χ3v) is 6.39. The number of nitrogens with one attached hydrogen (secondary N) is 2. The molecule has 1 aromatic heterocycles. The summed E-state index contributed by atoms with van der Waals surface area (Å²) in [6, 6.07) is 5.65. The van der Waals surface area contributed by atoms with Crippen LogP contribution in [0.1, 0.15) is 12.8 Å². The highest BCUT2D eigenvalue weighted by Gasteiger charge is 2.49. The predicted molar refractivity (Wildman–Crippen MR) is 111 cm³/mol. The van der Waals surface area contributed by atoms with Crippen LogP contribution in [0.4, 0.5) is 5.13 Å². The standard InChI is InChI=1S/C16H22BClN4OS2/c17-22-5-3-10(4-6-22)16(23,9-22)8-19-14(24)21-15-20-12-2-1-11(18)7-13(12)25-15/h1-2,7,10,23H,3-6,8-9H2,17H3,(H2,19,20,21,24). The number of hydrogen-bond donors (Lipinski definition) is 3. The quantitative estimate of drug-likeness (QED) is 0.542. The molecule has 25 heavy (non-hydrogen) atoms. The van der Waals surface area contributed by atoms with E-state index < -0.39 is 5.60 Å². The lowest BCUT2D eigenvalue weighted by molar-refractivity contribution is -0.846. The van der Waals surface area contributed by atoms with Gasteiger partial charge in [0, 0.05) is 24.0 Å². The van der Waals surface area contributed by atoms with E-state index in [9.17, 15) is 5.11 Å². The van der Waals surface area contributed by atoms with Crippen LogP contribution in [0.25, 0.3) is 10.2 Å². The highest BCUT2D eigenvalue weighted by molar-refractivity contribution is 7.80. The number of thiocarbonyl (C=S) groups is 1. The van der Waals surface area contributed by atoms with Crippen LogP contribution in [0.15, 0.2) is 18.2 Å². The van der Waals surface area contributed by atoms with Gasteiger partial charge in [0.2, 0.25) is 0 Å². The van der Waals surface area contributed by atoms with Crippen molar-refractivity contribution in [2.75, 3.05) is 31.5 Å². The topological polar surface area (TPSA) is 57.2 Å². The summed E-state index contributed by atoms with van der Waals surface area (Å²) in [5, 5.41) is 19.5. The van der Waals surface area contributed by atoms with E-state index in [1.807, 2.05) is 18.2 Å². The Hall–Kier alpha value is -0.925. The molecule has 3 aliphatic rings. The van der Waals surface area contributed by atoms with Crippen molar-refractivity contribution < 1.29 is 9.50 Å². The van der Waals surface area contributed by atoms with E-state index in [0.29, 0.717) is 22.6 Å². The minimum atomic E-state index is -0.620. The SMILES string of the molecule is [BH3-][N+]12CCC(CC1)C(O)(CNC(=S)Nc1nc3ccc(Cl)cc3s1)C2. The summed E-state index contributed by atoms with van der Waals surface area (Å²) in [5.41, 5.74) is 0.285. The van der Waals surface area contributed by atoms with E-state index in [4.69, 9.17) is 23.8 Å². The van der Waals surface area contributed by atoms with Crippen LogP contribution < -0.4 is 10.6 Å². The van der Waals surface area contributed by atoms with Crippen LogP contribution in [0.3, 0.4) is 0 Å². The van der Waals surface area contributed by atoms with Crippen LogP contribution in [-0.2, 0) is 0 Å². The third-order valence-electron chi connectivity index (χ3n) is 4.97. The van der Waals surface area contributed by atoms with E-state index in [1.165, 1.54) is 28.8 Å². The largest absolute Gasteiger partial charge is 0.520 e. The molecule has 5 rings (SSSR count). The molecule has 2 aromatic rings. The van der Waals surface area contributed by atoms with E-state index in [0.717, 1.165) is 34.7 Å². The second-order valence-corrected chi connectivity index (χ2v) is 8.47. The smallest absolute Gasteiger partial charge is 0.190 e. The predicted octanol–water partition coefficient (Wildman–Crippen LogP) is 1.49. The molecule has 5 nitrogen and oxygen atoms in total. The van der Waals surface area contributed by atoms with Crippen molar-refractivity contribution in [3.8, 4) is 0 Å². The Labute approximate surface area is 162 Å². The number of rotatable bonds is 3. The summed E-state index contributed by atoms with van der Waals surface area (Å²) in [4.78, 5) is 4.52. The molecular formula is C16H22BClN4OS2. The number of benzene rings is 1. The van der Waals surface area contributed by atoms with Gasteiger partial charge < -0.3 is 20.1 Å². The summed E-state index contributed by atoms with van der Waals surface area (Å²) < 4.78 is 2.24. The van der Waals surface area contributed by atoms with Gasteiger partial charge in [-0.05, 0) is 43.3 Å². The van der Waals surface area contributed by atoms with Gasteiger partial charge in [0.25, 0.3) is 0 Å². The number of anilines is 1. The number of aromatic nitrogens is 1. The first-order valence-corrected chi connectivity index (χ1v) is 9.68. The van der Waals surface area contributed by atoms with Gasteiger partial charge in [0.1, 0.15) is 5.60 Å². The second kappa shape index (κ2) is 6.35. The molecule has 1 unspecified atom stereocenters. The minimum absolute atomic E-state index is 0.189. The molecule has 3 aliphatic heterocycles. The van der Waals surface area contributed by atoms with Gasteiger partial charge in [-0.15, -0.1) is 0 Å². The van der Waals surface area contributed by atoms with Crippen LogP contribution in [-0.4, -0.2) is 59.4 Å². The first-order chi connectivity index (χ1) is 11.9. The van der Waals surface area contributed by atoms with Gasteiger partial charge in [-0.2, -0.15) is 0 Å². The number of piperidine rings is 3. The molecule has 3 N–H and O–H groups in total. The number of fused-ring (bicyclic) bond motifs is 4. The average molecular weight is 397 g/mol. The van der Waals surface area contributed by atoms with E-state index in [-0.39, 0.29) is 7.98 Å².